The fourth-order valence-electron chi connectivity index (χ4n) is 1.60. The van der Waals surface area contributed by atoms with E-state index in [9.17, 15) is 23.6 Å². The summed E-state index contributed by atoms with van der Waals surface area (Å²) in [6.07, 6.45) is 1.23. The maximum Gasteiger partial charge on any atom is 0.312 e. The van der Waals surface area contributed by atoms with Crippen LogP contribution in [0.15, 0.2) is 29.4 Å². The molecule has 1 heterocycles. The third-order valence-corrected chi connectivity index (χ3v) is 4.17. The zero-order valence-electron chi connectivity index (χ0n) is 10.7. The van der Waals surface area contributed by atoms with Crippen LogP contribution in [0.3, 0.4) is 0 Å². The zero-order chi connectivity index (χ0) is 15.6. The van der Waals surface area contributed by atoms with E-state index in [0.29, 0.717) is 5.82 Å². The Morgan fingerprint density at radius 2 is 2.19 bits per heavy atom. The predicted octanol–water partition coefficient (Wildman–Crippen LogP) is 0.458. The van der Waals surface area contributed by atoms with E-state index in [1.165, 1.54) is 13.3 Å². The summed E-state index contributed by atoms with van der Waals surface area (Å²) in [6.45, 7) is 1.53. The third-order valence-electron chi connectivity index (χ3n) is 2.63. The second-order valence-corrected chi connectivity index (χ2v) is 5.84. The Hall–Kier alpha value is -2.53. The molecular formula is C10H11N5O5S. The van der Waals surface area contributed by atoms with Gasteiger partial charge in [-0.3, -0.25) is 15.2 Å². The largest absolute Gasteiger partial charge is 0.502 e. The van der Waals surface area contributed by atoms with E-state index in [-0.39, 0.29) is 4.90 Å². The summed E-state index contributed by atoms with van der Waals surface area (Å²) in [5.74, 6) is -0.311. The van der Waals surface area contributed by atoms with E-state index in [1.54, 1.807) is 0 Å². The van der Waals surface area contributed by atoms with Crippen LogP contribution >= 0.6 is 0 Å². The van der Waals surface area contributed by atoms with Crippen LogP contribution in [0.4, 0.5) is 5.69 Å². The van der Waals surface area contributed by atoms with Gasteiger partial charge in [0, 0.05) is 6.07 Å². The van der Waals surface area contributed by atoms with Crippen LogP contribution in [-0.4, -0.2) is 33.6 Å². The number of aromatic amines is 1. The van der Waals surface area contributed by atoms with Crippen molar-refractivity contribution in [1.29, 1.82) is 0 Å². The monoisotopic (exact) mass is 313 g/mol. The minimum absolute atomic E-state index is 0.298. The lowest BCUT2D eigenvalue weighted by molar-refractivity contribution is -0.386. The number of nitro benzene ring substituents is 1. The molecule has 11 heteroatoms. The summed E-state index contributed by atoms with van der Waals surface area (Å²) < 4.78 is 26.6. The van der Waals surface area contributed by atoms with Gasteiger partial charge in [0.05, 0.1) is 15.9 Å². The molecule has 1 atom stereocenters. The fraction of sp³-hybridized carbons (Fsp3) is 0.200. The molecule has 0 aliphatic carbocycles. The van der Waals surface area contributed by atoms with Crippen molar-refractivity contribution >= 4 is 15.7 Å². The molecule has 0 fully saturated rings. The average molecular weight is 313 g/mol. The highest BCUT2D eigenvalue weighted by atomic mass is 32.2. The number of nitro groups is 1. The van der Waals surface area contributed by atoms with Crippen LogP contribution < -0.4 is 4.72 Å². The molecule has 0 saturated carbocycles. The number of phenolic OH excluding ortho intramolecular Hbond substituents is 1. The molecule has 0 bridgehead atoms. The molecule has 0 aliphatic heterocycles. The standard InChI is InChI=1S/C10H11N5O5S/c1-6(10-11-5-12-13-10)14-21(19,20)7-2-3-9(16)8(4-7)15(17)18/h2-6,14,16H,1H3,(H,11,12,13). The van der Waals surface area contributed by atoms with Gasteiger partial charge in [0.1, 0.15) is 12.2 Å². The molecule has 0 saturated heterocycles. The smallest absolute Gasteiger partial charge is 0.312 e. The molecule has 112 valence electrons. The molecule has 0 amide bonds. The Labute approximate surface area is 119 Å². The van der Waals surface area contributed by atoms with Crippen molar-refractivity contribution in [3.05, 3.63) is 40.5 Å². The Bertz CT molecular complexity index is 758. The number of hydrogen-bond acceptors (Lipinski definition) is 7. The molecule has 0 aliphatic rings. The Morgan fingerprint density at radius 1 is 1.48 bits per heavy atom. The molecule has 1 aromatic heterocycles. The Morgan fingerprint density at radius 3 is 2.76 bits per heavy atom. The number of rotatable bonds is 5. The Balaban J connectivity index is 2.32. The van der Waals surface area contributed by atoms with Crippen molar-refractivity contribution in [2.24, 2.45) is 0 Å². The highest BCUT2D eigenvalue weighted by Crippen LogP contribution is 2.28. The van der Waals surface area contributed by atoms with Gasteiger partial charge in [-0.15, -0.1) is 0 Å². The van der Waals surface area contributed by atoms with Crippen molar-refractivity contribution in [3.63, 3.8) is 0 Å². The first kappa shape index (κ1) is 14.9. The van der Waals surface area contributed by atoms with Crippen molar-refractivity contribution in [2.45, 2.75) is 17.9 Å². The molecule has 10 nitrogen and oxygen atoms in total. The van der Waals surface area contributed by atoms with Crippen LogP contribution in [0.2, 0.25) is 0 Å². The molecule has 2 rings (SSSR count). The number of H-pyrrole nitrogens is 1. The molecule has 1 aromatic carbocycles. The van der Waals surface area contributed by atoms with Crippen molar-refractivity contribution in [1.82, 2.24) is 19.9 Å². The van der Waals surface area contributed by atoms with Crippen molar-refractivity contribution in [2.75, 3.05) is 0 Å². The number of phenols is 1. The summed E-state index contributed by atoms with van der Waals surface area (Å²) in [5, 5.41) is 26.2. The van der Waals surface area contributed by atoms with Crippen molar-refractivity contribution < 1.29 is 18.4 Å². The van der Waals surface area contributed by atoms with E-state index in [4.69, 9.17) is 0 Å². The van der Waals surface area contributed by atoms with Crippen LogP contribution in [0.5, 0.6) is 5.75 Å². The summed E-state index contributed by atoms with van der Waals surface area (Å²) in [7, 11) is -4.01. The van der Waals surface area contributed by atoms with E-state index >= 15 is 0 Å². The summed E-state index contributed by atoms with van der Waals surface area (Å²) in [6, 6.07) is 2.10. The van der Waals surface area contributed by atoms with Gasteiger partial charge >= 0.3 is 5.69 Å². The minimum Gasteiger partial charge on any atom is -0.502 e. The number of nitrogens with zero attached hydrogens (tertiary/aromatic N) is 3. The van der Waals surface area contributed by atoms with Gasteiger partial charge in [-0.1, -0.05) is 0 Å². The van der Waals surface area contributed by atoms with Gasteiger partial charge in [-0.25, -0.2) is 18.1 Å². The molecule has 21 heavy (non-hydrogen) atoms. The second-order valence-electron chi connectivity index (χ2n) is 4.12. The number of aromatic nitrogens is 3. The quantitative estimate of drug-likeness (QED) is 0.535. The highest BCUT2D eigenvalue weighted by Gasteiger charge is 2.24. The lowest BCUT2D eigenvalue weighted by atomic mass is 10.3. The van der Waals surface area contributed by atoms with Gasteiger partial charge < -0.3 is 5.11 Å². The molecule has 0 radical (unpaired) electrons. The third kappa shape index (κ3) is 3.14. The lowest BCUT2D eigenvalue weighted by Gasteiger charge is -2.11. The molecule has 3 N–H and O–H groups in total. The zero-order valence-corrected chi connectivity index (χ0v) is 11.5. The van der Waals surface area contributed by atoms with E-state index < -0.39 is 32.4 Å². The van der Waals surface area contributed by atoms with Crippen molar-refractivity contribution in [3.8, 4) is 5.75 Å². The fourth-order valence-corrected chi connectivity index (χ4v) is 2.82. The maximum absolute atomic E-state index is 12.1. The Kier molecular flexibility index (Phi) is 3.86. The van der Waals surface area contributed by atoms with Gasteiger partial charge in [-0.2, -0.15) is 5.10 Å². The summed E-state index contributed by atoms with van der Waals surface area (Å²) in [4.78, 5) is 13.3. The van der Waals surface area contributed by atoms with E-state index in [0.717, 1.165) is 18.2 Å². The number of aromatic hydroxyl groups is 1. The minimum atomic E-state index is -4.01. The van der Waals surface area contributed by atoms with Crippen LogP contribution in [0, 0.1) is 10.1 Å². The first-order valence-electron chi connectivity index (χ1n) is 5.66. The summed E-state index contributed by atoms with van der Waals surface area (Å²) in [5.41, 5.74) is -0.690. The predicted molar refractivity (Wildman–Crippen MR) is 69.9 cm³/mol. The van der Waals surface area contributed by atoms with E-state index in [1.807, 2.05) is 0 Å². The topological polar surface area (TPSA) is 151 Å². The second kappa shape index (κ2) is 5.46. The molecular weight excluding hydrogens is 302 g/mol. The molecule has 0 spiro atoms. The number of hydrogen-bond donors (Lipinski definition) is 3. The molecule has 2 aromatic rings. The SMILES string of the molecule is CC(NS(=O)(=O)c1ccc(O)c([N+](=O)[O-])c1)c1ncn[nH]1. The van der Waals surface area contributed by atoms with E-state index in [2.05, 4.69) is 19.9 Å². The first-order valence-corrected chi connectivity index (χ1v) is 7.14. The number of nitrogens with one attached hydrogen (secondary N) is 2. The van der Waals surface area contributed by atoms with Crippen LogP contribution in [-0.2, 0) is 10.0 Å². The first-order chi connectivity index (χ1) is 9.81. The van der Waals surface area contributed by atoms with Gasteiger partial charge in [0.15, 0.2) is 5.75 Å². The average Bonchev–Trinajstić information content (AvgIpc) is 2.92. The molecule has 1 unspecified atom stereocenters. The normalized spacial score (nSPS) is 13.0. The number of benzene rings is 1. The summed E-state index contributed by atoms with van der Waals surface area (Å²) >= 11 is 0. The number of sulfonamides is 1. The van der Waals surface area contributed by atoms with Gasteiger partial charge in [0.25, 0.3) is 0 Å². The lowest BCUT2D eigenvalue weighted by Crippen LogP contribution is -2.27. The van der Waals surface area contributed by atoms with Crippen LogP contribution in [0.25, 0.3) is 0 Å². The van der Waals surface area contributed by atoms with Gasteiger partial charge in [-0.05, 0) is 19.1 Å². The van der Waals surface area contributed by atoms with Crippen LogP contribution in [0.1, 0.15) is 18.8 Å². The highest BCUT2D eigenvalue weighted by molar-refractivity contribution is 7.89. The van der Waals surface area contributed by atoms with Gasteiger partial charge in [0.2, 0.25) is 10.0 Å². The maximum atomic E-state index is 12.1.